The van der Waals surface area contributed by atoms with Gasteiger partial charge in [0.15, 0.2) is 0 Å². The first-order chi connectivity index (χ1) is 8.31. The summed E-state index contributed by atoms with van der Waals surface area (Å²) >= 11 is 0. The Hall–Kier alpha value is -2.02. The molecule has 0 atom stereocenters. The number of fused-ring (bicyclic) bond motifs is 3. The number of anilines is 1. The summed E-state index contributed by atoms with van der Waals surface area (Å²) < 4.78 is 0. The van der Waals surface area contributed by atoms with E-state index in [2.05, 4.69) is 36.9 Å². The fourth-order valence-corrected chi connectivity index (χ4v) is 2.68. The highest BCUT2D eigenvalue weighted by Gasteiger charge is 2.21. The van der Waals surface area contributed by atoms with E-state index < -0.39 is 0 Å². The van der Waals surface area contributed by atoms with E-state index in [-0.39, 0.29) is 0 Å². The van der Waals surface area contributed by atoms with Crippen LogP contribution >= 0.6 is 0 Å². The second-order valence-electron chi connectivity index (χ2n) is 4.49. The highest BCUT2D eigenvalue weighted by molar-refractivity contribution is 5.80. The first kappa shape index (κ1) is 10.2. The van der Waals surface area contributed by atoms with Crippen LogP contribution in [0.2, 0.25) is 0 Å². The largest absolute Gasteiger partial charge is 0.398 e. The standard InChI is InChI=1S/C16H15N/c1-2-5-14-15-10-11-6-3-4-7-12(11)13(15)8-9-16(14)17/h2-4,6-9H,1,5,10,17H2. The number of nitrogens with two attached hydrogens (primary N) is 1. The van der Waals surface area contributed by atoms with Gasteiger partial charge in [0.1, 0.15) is 0 Å². The van der Waals surface area contributed by atoms with Crippen molar-refractivity contribution < 1.29 is 0 Å². The third kappa shape index (κ3) is 1.47. The molecule has 0 fully saturated rings. The molecule has 0 saturated heterocycles. The number of benzene rings is 2. The number of rotatable bonds is 2. The predicted octanol–water partition coefficient (Wildman–Crippen LogP) is 3.57. The van der Waals surface area contributed by atoms with Crippen LogP contribution < -0.4 is 5.73 Å². The van der Waals surface area contributed by atoms with Gasteiger partial charge in [-0.1, -0.05) is 36.4 Å². The maximum absolute atomic E-state index is 6.07. The molecule has 0 aromatic heterocycles. The second kappa shape index (κ2) is 3.77. The second-order valence-corrected chi connectivity index (χ2v) is 4.49. The van der Waals surface area contributed by atoms with Crippen molar-refractivity contribution in [3.8, 4) is 11.1 Å². The Morgan fingerprint density at radius 2 is 1.94 bits per heavy atom. The molecule has 0 bridgehead atoms. The Kier molecular flexibility index (Phi) is 2.25. The van der Waals surface area contributed by atoms with Crippen LogP contribution in [0.4, 0.5) is 5.69 Å². The van der Waals surface area contributed by atoms with Crippen LogP contribution in [0.5, 0.6) is 0 Å². The summed E-state index contributed by atoms with van der Waals surface area (Å²) in [6.07, 6.45) is 3.78. The van der Waals surface area contributed by atoms with Crippen LogP contribution in [-0.4, -0.2) is 0 Å². The fraction of sp³-hybridized carbons (Fsp3) is 0.125. The minimum atomic E-state index is 0.850. The maximum Gasteiger partial charge on any atom is 0.0353 e. The molecule has 2 aromatic carbocycles. The van der Waals surface area contributed by atoms with Gasteiger partial charge in [-0.15, -0.1) is 6.58 Å². The normalized spacial score (nSPS) is 12.0. The molecule has 0 aliphatic heterocycles. The first-order valence-electron chi connectivity index (χ1n) is 5.90. The molecule has 0 heterocycles. The smallest absolute Gasteiger partial charge is 0.0353 e. The molecule has 0 unspecified atom stereocenters. The molecule has 84 valence electrons. The molecule has 1 nitrogen and oxygen atoms in total. The van der Waals surface area contributed by atoms with E-state index in [1.807, 2.05) is 12.1 Å². The Labute approximate surface area is 102 Å². The fourth-order valence-electron chi connectivity index (χ4n) is 2.68. The van der Waals surface area contributed by atoms with E-state index in [9.17, 15) is 0 Å². The van der Waals surface area contributed by atoms with Crippen LogP contribution in [-0.2, 0) is 12.8 Å². The lowest BCUT2D eigenvalue weighted by Gasteiger charge is -2.10. The molecule has 0 saturated carbocycles. The number of hydrogen-bond donors (Lipinski definition) is 1. The van der Waals surface area contributed by atoms with Crippen molar-refractivity contribution in [1.82, 2.24) is 0 Å². The van der Waals surface area contributed by atoms with Gasteiger partial charge in [0, 0.05) is 5.69 Å². The molecule has 1 heteroatoms. The van der Waals surface area contributed by atoms with E-state index in [1.165, 1.54) is 27.8 Å². The maximum atomic E-state index is 6.07. The molecule has 0 radical (unpaired) electrons. The predicted molar refractivity (Wildman–Crippen MR) is 73.0 cm³/mol. The summed E-state index contributed by atoms with van der Waals surface area (Å²) in [5.74, 6) is 0. The summed E-state index contributed by atoms with van der Waals surface area (Å²) in [7, 11) is 0. The van der Waals surface area contributed by atoms with Crippen molar-refractivity contribution in [2.75, 3.05) is 5.73 Å². The van der Waals surface area contributed by atoms with E-state index in [0.29, 0.717) is 0 Å². The first-order valence-corrected chi connectivity index (χ1v) is 5.90. The highest BCUT2D eigenvalue weighted by atomic mass is 14.6. The third-order valence-corrected chi connectivity index (χ3v) is 3.49. The van der Waals surface area contributed by atoms with Crippen molar-refractivity contribution in [3.05, 3.63) is 65.7 Å². The molecular formula is C16H15N. The zero-order chi connectivity index (χ0) is 11.8. The number of allylic oxidation sites excluding steroid dienone is 1. The lowest BCUT2D eigenvalue weighted by atomic mass is 9.97. The Morgan fingerprint density at radius 3 is 2.76 bits per heavy atom. The molecule has 17 heavy (non-hydrogen) atoms. The van der Waals surface area contributed by atoms with Gasteiger partial charge in [-0.25, -0.2) is 0 Å². The molecular weight excluding hydrogens is 206 g/mol. The van der Waals surface area contributed by atoms with Gasteiger partial charge in [0.2, 0.25) is 0 Å². The average molecular weight is 221 g/mol. The lowest BCUT2D eigenvalue weighted by Crippen LogP contribution is -1.98. The summed E-state index contributed by atoms with van der Waals surface area (Å²) in [6, 6.07) is 12.7. The summed E-state index contributed by atoms with van der Waals surface area (Å²) in [5.41, 5.74) is 13.7. The van der Waals surface area contributed by atoms with E-state index in [1.54, 1.807) is 0 Å². The van der Waals surface area contributed by atoms with Crippen LogP contribution in [0.25, 0.3) is 11.1 Å². The van der Waals surface area contributed by atoms with Crippen LogP contribution in [0.3, 0.4) is 0 Å². The van der Waals surface area contributed by atoms with Gasteiger partial charge in [-0.05, 0) is 46.7 Å². The Balaban J connectivity index is 2.23. The zero-order valence-electron chi connectivity index (χ0n) is 9.74. The highest BCUT2D eigenvalue weighted by Crippen LogP contribution is 2.40. The van der Waals surface area contributed by atoms with Gasteiger partial charge in [0.25, 0.3) is 0 Å². The Bertz CT molecular complexity index is 596. The summed E-state index contributed by atoms with van der Waals surface area (Å²) in [5, 5.41) is 0. The lowest BCUT2D eigenvalue weighted by molar-refractivity contribution is 1.16. The number of nitrogen functional groups attached to an aromatic ring is 1. The molecule has 3 rings (SSSR count). The third-order valence-electron chi connectivity index (χ3n) is 3.49. The van der Waals surface area contributed by atoms with Crippen molar-refractivity contribution in [1.29, 1.82) is 0 Å². The molecule has 0 spiro atoms. The molecule has 0 amide bonds. The quantitative estimate of drug-likeness (QED) is 0.519. The van der Waals surface area contributed by atoms with E-state index >= 15 is 0 Å². The zero-order valence-corrected chi connectivity index (χ0v) is 9.74. The van der Waals surface area contributed by atoms with Gasteiger partial charge in [-0.3, -0.25) is 0 Å². The van der Waals surface area contributed by atoms with Crippen LogP contribution in [0.1, 0.15) is 16.7 Å². The van der Waals surface area contributed by atoms with Crippen LogP contribution in [0.15, 0.2) is 49.1 Å². The van der Waals surface area contributed by atoms with Gasteiger partial charge >= 0.3 is 0 Å². The average Bonchev–Trinajstić information content (AvgIpc) is 2.72. The Morgan fingerprint density at radius 1 is 1.12 bits per heavy atom. The molecule has 1 aliphatic carbocycles. The molecule has 1 aliphatic rings. The summed E-state index contributed by atoms with van der Waals surface area (Å²) in [4.78, 5) is 0. The van der Waals surface area contributed by atoms with E-state index in [4.69, 9.17) is 5.73 Å². The minimum absolute atomic E-state index is 0.850. The molecule has 2 N–H and O–H groups in total. The van der Waals surface area contributed by atoms with E-state index in [0.717, 1.165) is 18.5 Å². The topological polar surface area (TPSA) is 26.0 Å². The van der Waals surface area contributed by atoms with Crippen molar-refractivity contribution in [3.63, 3.8) is 0 Å². The monoisotopic (exact) mass is 221 g/mol. The van der Waals surface area contributed by atoms with Gasteiger partial charge in [-0.2, -0.15) is 0 Å². The van der Waals surface area contributed by atoms with Crippen molar-refractivity contribution in [2.24, 2.45) is 0 Å². The van der Waals surface area contributed by atoms with Gasteiger partial charge < -0.3 is 5.73 Å². The van der Waals surface area contributed by atoms with Crippen molar-refractivity contribution in [2.45, 2.75) is 12.8 Å². The van der Waals surface area contributed by atoms with Crippen LogP contribution in [0, 0.1) is 0 Å². The summed E-state index contributed by atoms with van der Waals surface area (Å²) in [6.45, 7) is 3.82. The SMILES string of the molecule is C=CCc1c(N)ccc2c1Cc1ccccc1-2. The minimum Gasteiger partial charge on any atom is -0.398 e. The van der Waals surface area contributed by atoms with Gasteiger partial charge in [0.05, 0.1) is 0 Å². The van der Waals surface area contributed by atoms with Crippen molar-refractivity contribution >= 4 is 5.69 Å². The number of hydrogen-bond acceptors (Lipinski definition) is 1. The molecule has 2 aromatic rings.